The van der Waals surface area contributed by atoms with E-state index in [0.29, 0.717) is 19.3 Å². The lowest BCUT2D eigenvalue weighted by atomic mass is 10.1. The highest BCUT2D eigenvalue weighted by Crippen LogP contribution is 2.13. The van der Waals surface area contributed by atoms with Gasteiger partial charge in [0.15, 0.2) is 6.10 Å². The third kappa shape index (κ3) is 50.8. The van der Waals surface area contributed by atoms with Crippen LogP contribution < -0.4 is 0 Å². The normalized spacial score (nSPS) is 13.1. The largest absolute Gasteiger partial charge is 0.462 e. The highest BCUT2D eigenvalue weighted by molar-refractivity contribution is 5.71. The monoisotopic (exact) mass is 913 g/mol. The third-order valence-electron chi connectivity index (χ3n) is 10.7. The second kappa shape index (κ2) is 53.4. The van der Waals surface area contributed by atoms with Gasteiger partial charge in [0.1, 0.15) is 13.2 Å². The molecule has 0 amide bonds. The van der Waals surface area contributed by atoms with Crippen molar-refractivity contribution in [2.75, 3.05) is 13.2 Å². The zero-order valence-electron chi connectivity index (χ0n) is 42.4. The van der Waals surface area contributed by atoms with Crippen molar-refractivity contribution in [2.45, 2.75) is 226 Å². The van der Waals surface area contributed by atoms with E-state index in [1.54, 1.807) is 0 Å². The molecular formula is C60H96O6. The van der Waals surface area contributed by atoms with Gasteiger partial charge in [0.05, 0.1) is 0 Å². The molecule has 0 radical (unpaired) electrons. The maximum atomic E-state index is 12.6. The van der Waals surface area contributed by atoms with Gasteiger partial charge in [0.25, 0.3) is 0 Å². The Morgan fingerprint density at radius 1 is 0.318 bits per heavy atom. The van der Waals surface area contributed by atoms with Crippen molar-refractivity contribution >= 4 is 17.9 Å². The smallest absolute Gasteiger partial charge is 0.306 e. The van der Waals surface area contributed by atoms with Crippen LogP contribution in [0.4, 0.5) is 0 Å². The summed E-state index contributed by atoms with van der Waals surface area (Å²) in [4.78, 5) is 37.4. The van der Waals surface area contributed by atoms with Crippen LogP contribution in [0.2, 0.25) is 0 Å². The number of carbonyl (C=O) groups excluding carboxylic acids is 3. The molecule has 0 aromatic carbocycles. The quantitative estimate of drug-likeness (QED) is 0.0262. The van der Waals surface area contributed by atoms with Crippen LogP contribution in [0, 0.1) is 0 Å². The minimum absolute atomic E-state index is 0.0876. The van der Waals surface area contributed by atoms with Gasteiger partial charge in [-0.3, -0.25) is 14.4 Å². The number of ether oxygens (including phenoxy) is 3. The number of carbonyl (C=O) groups is 3. The van der Waals surface area contributed by atoms with E-state index < -0.39 is 6.10 Å². The first-order valence-electron chi connectivity index (χ1n) is 26.5. The third-order valence-corrected chi connectivity index (χ3v) is 10.7. The summed E-state index contributed by atoms with van der Waals surface area (Å²) in [6.45, 7) is 6.36. The van der Waals surface area contributed by atoms with E-state index in [9.17, 15) is 14.4 Å². The van der Waals surface area contributed by atoms with Crippen LogP contribution in [-0.2, 0) is 28.6 Å². The van der Waals surface area contributed by atoms with E-state index >= 15 is 0 Å². The Morgan fingerprint density at radius 2 is 0.591 bits per heavy atom. The van der Waals surface area contributed by atoms with Crippen molar-refractivity contribution in [3.05, 3.63) is 122 Å². The molecule has 0 aromatic heterocycles. The Hall–Kier alpha value is -4.19. The van der Waals surface area contributed by atoms with Crippen LogP contribution in [0.3, 0.4) is 0 Å². The highest BCUT2D eigenvalue weighted by Gasteiger charge is 2.19. The van der Waals surface area contributed by atoms with Crippen LogP contribution in [-0.4, -0.2) is 37.2 Å². The molecule has 1 atom stereocenters. The average Bonchev–Trinajstić information content (AvgIpc) is 3.31. The molecule has 66 heavy (non-hydrogen) atoms. The summed E-state index contributed by atoms with van der Waals surface area (Å²) in [5.74, 6) is -0.941. The van der Waals surface area contributed by atoms with Crippen molar-refractivity contribution in [3.8, 4) is 0 Å². The Labute approximate surface area is 405 Å². The first-order valence-corrected chi connectivity index (χ1v) is 26.5. The summed E-state index contributed by atoms with van der Waals surface area (Å²) in [5, 5.41) is 0. The van der Waals surface area contributed by atoms with E-state index in [-0.39, 0.29) is 31.1 Å². The van der Waals surface area contributed by atoms with Gasteiger partial charge in [-0.15, -0.1) is 0 Å². The van der Waals surface area contributed by atoms with E-state index in [2.05, 4.69) is 142 Å². The Kier molecular flexibility index (Phi) is 50.0. The van der Waals surface area contributed by atoms with Gasteiger partial charge in [0, 0.05) is 19.3 Å². The zero-order valence-corrected chi connectivity index (χ0v) is 42.4. The molecule has 6 heteroatoms. The molecule has 1 unspecified atom stereocenters. The number of esters is 3. The number of hydrogen-bond acceptors (Lipinski definition) is 6. The molecule has 0 rings (SSSR count). The standard InChI is InChI=1S/C60H96O6/c1-4-7-10-13-15-17-18-19-20-21-22-23-24-25-26-27-28-29-30-31-32-33-34-35-36-37-38-39-40-41-42-43-45-47-50-53-59(62)65-56-57(55-64-58(61)52-49-46-12-9-6-3)66-60(63)54-51-48-44-16-14-11-8-5-2/h7,10,15,17,19-20,22-23,25-26,28-29,31-32,34-35,37-38,40-41,57H,4-6,8-9,11-14,16,18,21,24,27,30,33,36,39,42-56H2,1-3H3/b10-7-,17-15-,20-19-,23-22-,26-25-,29-28-,32-31-,35-34-,38-37-,41-40-. The molecule has 6 nitrogen and oxygen atoms in total. The van der Waals surface area contributed by atoms with E-state index in [0.717, 1.165) is 141 Å². The predicted molar refractivity (Wildman–Crippen MR) is 283 cm³/mol. The molecule has 0 heterocycles. The first-order chi connectivity index (χ1) is 32.5. The van der Waals surface area contributed by atoms with Crippen molar-refractivity contribution in [2.24, 2.45) is 0 Å². The Bertz CT molecular complexity index is 1420. The summed E-state index contributed by atoms with van der Waals surface area (Å²) in [6, 6.07) is 0. The molecule has 0 saturated carbocycles. The second-order valence-corrected chi connectivity index (χ2v) is 17.1. The fourth-order valence-corrected chi connectivity index (χ4v) is 6.76. The van der Waals surface area contributed by atoms with Crippen LogP contribution in [0.5, 0.6) is 0 Å². The highest BCUT2D eigenvalue weighted by atomic mass is 16.6. The molecule has 0 bridgehead atoms. The lowest BCUT2D eigenvalue weighted by Gasteiger charge is -2.18. The topological polar surface area (TPSA) is 78.9 Å². The van der Waals surface area contributed by atoms with Crippen molar-refractivity contribution in [1.82, 2.24) is 0 Å². The van der Waals surface area contributed by atoms with Gasteiger partial charge in [-0.05, 0) is 96.3 Å². The lowest BCUT2D eigenvalue weighted by molar-refractivity contribution is -0.167. The van der Waals surface area contributed by atoms with Crippen LogP contribution in [0.25, 0.3) is 0 Å². The van der Waals surface area contributed by atoms with Crippen molar-refractivity contribution in [3.63, 3.8) is 0 Å². The molecule has 0 saturated heterocycles. The van der Waals surface area contributed by atoms with E-state index in [1.807, 2.05) is 0 Å². The van der Waals surface area contributed by atoms with E-state index in [1.165, 1.54) is 38.5 Å². The summed E-state index contributed by atoms with van der Waals surface area (Å²) in [7, 11) is 0. The summed E-state index contributed by atoms with van der Waals surface area (Å²) < 4.78 is 16.5. The molecule has 0 aromatic rings. The number of hydrogen-bond donors (Lipinski definition) is 0. The van der Waals surface area contributed by atoms with Crippen LogP contribution in [0.1, 0.15) is 220 Å². The number of allylic oxidation sites excluding steroid dienone is 20. The molecule has 0 fully saturated rings. The Balaban J connectivity index is 4.06. The summed E-state index contributed by atoms with van der Waals surface area (Å²) in [6.07, 6.45) is 73.9. The van der Waals surface area contributed by atoms with Gasteiger partial charge in [0.2, 0.25) is 0 Å². The lowest BCUT2D eigenvalue weighted by Crippen LogP contribution is -2.30. The van der Waals surface area contributed by atoms with Crippen LogP contribution >= 0.6 is 0 Å². The molecule has 0 aliphatic heterocycles. The molecule has 0 aliphatic carbocycles. The molecular weight excluding hydrogens is 817 g/mol. The Morgan fingerprint density at radius 3 is 0.924 bits per heavy atom. The maximum Gasteiger partial charge on any atom is 0.306 e. The predicted octanol–water partition coefficient (Wildman–Crippen LogP) is 17.7. The van der Waals surface area contributed by atoms with Crippen molar-refractivity contribution in [1.29, 1.82) is 0 Å². The van der Waals surface area contributed by atoms with Crippen molar-refractivity contribution < 1.29 is 28.6 Å². The van der Waals surface area contributed by atoms with Gasteiger partial charge in [-0.25, -0.2) is 0 Å². The SMILES string of the molecule is CC/C=C\C/C=C\C/C=C\C/C=C\C/C=C\C/C=C\C/C=C\C/C=C\C/C=C\C/C=C\CCCCCCC(=O)OCC(COC(=O)CCCCCCC)OC(=O)CCCCCCCCCC. The number of rotatable bonds is 46. The molecule has 0 spiro atoms. The minimum Gasteiger partial charge on any atom is -0.462 e. The molecule has 0 aliphatic rings. The fourth-order valence-electron chi connectivity index (χ4n) is 6.76. The maximum absolute atomic E-state index is 12.6. The summed E-state index contributed by atoms with van der Waals surface area (Å²) >= 11 is 0. The van der Waals surface area contributed by atoms with Gasteiger partial charge >= 0.3 is 17.9 Å². The average molecular weight is 913 g/mol. The van der Waals surface area contributed by atoms with Gasteiger partial charge in [-0.1, -0.05) is 226 Å². The van der Waals surface area contributed by atoms with Crippen LogP contribution in [0.15, 0.2) is 122 Å². The summed E-state index contributed by atoms with van der Waals surface area (Å²) in [5.41, 5.74) is 0. The minimum atomic E-state index is -0.782. The van der Waals surface area contributed by atoms with Gasteiger partial charge in [-0.2, -0.15) is 0 Å². The fraction of sp³-hybridized carbons (Fsp3) is 0.617. The first kappa shape index (κ1) is 61.8. The molecule has 0 N–H and O–H groups in total. The number of unbranched alkanes of at least 4 members (excludes halogenated alkanes) is 15. The second-order valence-electron chi connectivity index (χ2n) is 17.1. The van der Waals surface area contributed by atoms with E-state index in [4.69, 9.17) is 14.2 Å². The zero-order chi connectivity index (χ0) is 47.9. The molecule has 372 valence electrons. The van der Waals surface area contributed by atoms with Gasteiger partial charge < -0.3 is 14.2 Å².